The van der Waals surface area contributed by atoms with Crippen LogP contribution >= 0.6 is 0 Å². The third-order valence-corrected chi connectivity index (χ3v) is 7.19. The topological polar surface area (TPSA) is 9.86 Å². The quantitative estimate of drug-likeness (QED) is 0.192. The van der Waals surface area contributed by atoms with Crippen LogP contribution in [0.2, 0.25) is 0 Å². The molecule has 0 radical (unpaired) electrons. The van der Waals surface area contributed by atoms with E-state index < -0.39 is 0 Å². The van der Waals surface area contributed by atoms with Crippen molar-refractivity contribution in [2.75, 3.05) is 0 Å². The number of nitrogens with zero attached hydrogens (tertiary/aromatic N) is 2. The van der Waals surface area contributed by atoms with Crippen molar-refractivity contribution in [3.8, 4) is 0 Å². The Bertz CT molecular complexity index is 1640. The van der Waals surface area contributed by atoms with Crippen molar-refractivity contribution in [1.29, 1.82) is 0 Å². The van der Waals surface area contributed by atoms with E-state index >= 15 is 0 Å². The van der Waals surface area contributed by atoms with Gasteiger partial charge in [0, 0.05) is 23.4 Å². The molecule has 0 aliphatic heterocycles. The van der Waals surface area contributed by atoms with Crippen LogP contribution in [0.15, 0.2) is 122 Å². The standard InChI is InChI=1S/2C17H12N.Zr/c2*1-3-7-15-13(5-1)9-10-17(15)18-12-11-14-6-2-4-8-16(14)18;/h2*1-9,11-12,17H;/q2*-1;+2. The molecule has 2 heterocycles. The molecule has 2 aliphatic rings. The van der Waals surface area contributed by atoms with Gasteiger partial charge in [-0.2, -0.15) is 11.1 Å². The van der Waals surface area contributed by atoms with Crippen molar-refractivity contribution in [3.63, 3.8) is 0 Å². The maximum atomic E-state index is 3.45. The minimum atomic E-state index is 0. The maximum absolute atomic E-state index is 3.45. The summed E-state index contributed by atoms with van der Waals surface area (Å²) in [7, 11) is 0. The van der Waals surface area contributed by atoms with Crippen LogP contribution in [0.25, 0.3) is 34.0 Å². The van der Waals surface area contributed by atoms with Gasteiger partial charge in [-0.25, -0.2) is 24.3 Å². The van der Waals surface area contributed by atoms with Crippen LogP contribution in [0.1, 0.15) is 34.3 Å². The Morgan fingerprint density at radius 3 is 1.35 bits per heavy atom. The van der Waals surface area contributed by atoms with Gasteiger partial charge in [0.1, 0.15) is 0 Å². The maximum Gasteiger partial charge on any atom is 2.00 e. The monoisotopic (exact) mass is 550 g/mol. The predicted octanol–water partition coefficient (Wildman–Crippen LogP) is 8.12. The fourth-order valence-corrected chi connectivity index (χ4v) is 5.42. The number of aromatic nitrogens is 2. The van der Waals surface area contributed by atoms with Crippen molar-refractivity contribution in [2.24, 2.45) is 0 Å². The van der Waals surface area contributed by atoms with Gasteiger partial charge in [-0.3, -0.25) is 0 Å². The van der Waals surface area contributed by atoms with Crippen molar-refractivity contribution in [1.82, 2.24) is 9.13 Å². The minimum absolute atomic E-state index is 0. The first-order valence-corrected chi connectivity index (χ1v) is 12.3. The van der Waals surface area contributed by atoms with Gasteiger partial charge in [-0.05, 0) is 47.1 Å². The van der Waals surface area contributed by atoms with Crippen molar-refractivity contribution >= 4 is 34.0 Å². The van der Waals surface area contributed by atoms with Crippen molar-refractivity contribution < 1.29 is 26.2 Å². The number of allylic oxidation sites excluding steroid dienone is 2. The predicted molar refractivity (Wildman–Crippen MR) is 148 cm³/mol. The molecule has 174 valence electrons. The van der Waals surface area contributed by atoms with E-state index in [1.807, 2.05) is 0 Å². The fraction of sp³-hybridized carbons (Fsp3) is 0.0588. The second-order valence-electron chi connectivity index (χ2n) is 9.25. The molecule has 2 nitrogen and oxygen atoms in total. The molecule has 2 unspecified atom stereocenters. The van der Waals surface area contributed by atoms with Crippen LogP contribution in [0.3, 0.4) is 0 Å². The largest absolute Gasteiger partial charge is 2.00 e. The molecule has 0 amide bonds. The third-order valence-electron chi connectivity index (χ3n) is 7.19. The average Bonchev–Trinajstić information content (AvgIpc) is 3.72. The summed E-state index contributed by atoms with van der Waals surface area (Å²) in [4.78, 5) is 0. The first kappa shape index (κ1) is 23.7. The van der Waals surface area contributed by atoms with Gasteiger partial charge in [-0.15, -0.1) is 23.3 Å². The van der Waals surface area contributed by atoms with Gasteiger partial charge in [0.25, 0.3) is 0 Å². The molecule has 2 aromatic heterocycles. The van der Waals surface area contributed by atoms with Gasteiger partial charge in [0.15, 0.2) is 0 Å². The fourth-order valence-electron chi connectivity index (χ4n) is 5.42. The summed E-state index contributed by atoms with van der Waals surface area (Å²) in [6.45, 7) is 0. The summed E-state index contributed by atoms with van der Waals surface area (Å²) in [5.74, 6) is 0. The Hall–Kier alpha value is -3.68. The van der Waals surface area contributed by atoms with E-state index in [2.05, 4.69) is 155 Å². The van der Waals surface area contributed by atoms with Crippen molar-refractivity contribution in [3.05, 3.63) is 156 Å². The van der Waals surface area contributed by atoms with E-state index in [9.17, 15) is 0 Å². The Morgan fingerprint density at radius 1 is 0.459 bits per heavy atom. The third kappa shape index (κ3) is 4.18. The molecule has 6 aromatic rings. The van der Waals surface area contributed by atoms with E-state index in [1.165, 1.54) is 44.1 Å². The molecule has 2 atom stereocenters. The second-order valence-corrected chi connectivity index (χ2v) is 9.25. The zero-order chi connectivity index (χ0) is 23.9. The summed E-state index contributed by atoms with van der Waals surface area (Å²) in [6, 6.07) is 38.7. The molecule has 37 heavy (non-hydrogen) atoms. The second kappa shape index (κ2) is 10.00. The molecule has 0 N–H and O–H groups in total. The molecular formula is C34H24N2Zr. The number of hydrogen-bond acceptors (Lipinski definition) is 0. The van der Waals surface area contributed by atoms with E-state index in [4.69, 9.17) is 0 Å². The van der Waals surface area contributed by atoms with Crippen LogP contribution in [-0.2, 0) is 26.2 Å². The van der Waals surface area contributed by atoms with E-state index in [0.29, 0.717) is 0 Å². The Balaban J connectivity index is 0.000000133. The van der Waals surface area contributed by atoms with Crippen LogP contribution in [0.4, 0.5) is 0 Å². The van der Waals surface area contributed by atoms with Crippen LogP contribution < -0.4 is 0 Å². The molecular weight excluding hydrogens is 528 g/mol. The Morgan fingerprint density at radius 2 is 0.865 bits per heavy atom. The van der Waals surface area contributed by atoms with Gasteiger partial charge in [0.05, 0.1) is 0 Å². The first-order valence-electron chi connectivity index (χ1n) is 12.3. The molecule has 2 aliphatic carbocycles. The first-order chi connectivity index (χ1) is 17.9. The Kier molecular flexibility index (Phi) is 6.40. The number of benzene rings is 4. The van der Waals surface area contributed by atoms with Crippen molar-refractivity contribution in [2.45, 2.75) is 12.1 Å². The number of para-hydroxylation sites is 2. The number of rotatable bonds is 2. The Labute approximate surface area is 236 Å². The molecule has 0 saturated carbocycles. The SMILES string of the molecule is [C-]1=Cc2ccccc2C1n1ccc2ccccc21.[C-]1=Cc2ccccc2C1n1ccc2ccccc21.[Zr+2]. The van der Waals surface area contributed by atoms with Crippen LogP contribution in [0, 0.1) is 12.2 Å². The summed E-state index contributed by atoms with van der Waals surface area (Å²) >= 11 is 0. The summed E-state index contributed by atoms with van der Waals surface area (Å²) in [5, 5.41) is 2.56. The van der Waals surface area contributed by atoms with Crippen LogP contribution in [-0.4, -0.2) is 9.13 Å². The minimum Gasteiger partial charge on any atom is -0.355 e. The molecule has 4 aromatic carbocycles. The molecule has 3 heteroatoms. The van der Waals surface area contributed by atoms with Gasteiger partial charge in [-0.1, -0.05) is 72.8 Å². The summed E-state index contributed by atoms with van der Waals surface area (Å²) in [6.07, 6.45) is 15.4. The smallest absolute Gasteiger partial charge is 0.355 e. The van der Waals surface area contributed by atoms with Gasteiger partial charge in [0.2, 0.25) is 0 Å². The van der Waals surface area contributed by atoms with E-state index in [0.717, 1.165) is 0 Å². The van der Waals surface area contributed by atoms with Gasteiger partial charge >= 0.3 is 26.2 Å². The molecule has 0 saturated heterocycles. The normalized spacial score (nSPS) is 16.8. The number of fused-ring (bicyclic) bond motifs is 4. The molecule has 0 fully saturated rings. The number of hydrogen-bond donors (Lipinski definition) is 0. The van der Waals surface area contributed by atoms with Crippen LogP contribution in [0.5, 0.6) is 0 Å². The molecule has 0 bridgehead atoms. The van der Waals surface area contributed by atoms with E-state index in [1.54, 1.807) is 0 Å². The molecule has 0 spiro atoms. The average molecular weight is 552 g/mol. The van der Waals surface area contributed by atoms with E-state index in [-0.39, 0.29) is 38.3 Å². The molecule has 8 rings (SSSR count). The zero-order valence-corrected chi connectivity index (χ0v) is 22.7. The zero-order valence-electron chi connectivity index (χ0n) is 20.3. The summed E-state index contributed by atoms with van der Waals surface area (Å²) < 4.78 is 4.58. The van der Waals surface area contributed by atoms with Gasteiger partial charge < -0.3 is 9.13 Å². The summed E-state index contributed by atoms with van der Waals surface area (Å²) in [5.41, 5.74) is 7.75.